The summed E-state index contributed by atoms with van der Waals surface area (Å²) in [5.41, 5.74) is 3.51. The molecule has 0 unspecified atom stereocenters. The molecule has 126 valence electrons. The van der Waals surface area contributed by atoms with Gasteiger partial charge in [-0.15, -0.1) is 0 Å². The van der Waals surface area contributed by atoms with Crippen molar-refractivity contribution in [3.05, 3.63) is 54.1 Å². The Morgan fingerprint density at radius 3 is 2.46 bits per heavy atom. The summed E-state index contributed by atoms with van der Waals surface area (Å²) in [5, 5.41) is 9.12. The van der Waals surface area contributed by atoms with E-state index in [1.807, 2.05) is 24.3 Å². The normalized spacial score (nSPS) is 16.0. The number of carboxylic acid groups (broad SMARTS) is 1. The lowest BCUT2D eigenvalue weighted by Crippen LogP contribution is -2.35. The monoisotopic (exact) mass is 325 g/mol. The summed E-state index contributed by atoms with van der Waals surface area (Å²) in [6, 6.07) is 16.6. The Bertz CT molecular complexity index is 691. The summed E-state index contributed by atoms with van der Waals surface area (Å²) in [5.74, 6) is 0.0205. The van der Waals surface area contributed by atoms with Gasteiger partial charge >= 0.3 is 5.97 Å². The molecule has 0 spiro atoms. The van der Waals surface area contributed by atoms with Crippen LogP contribution >= 0.6 is 0 Å². The van der Waals surface area contributed by atoms with Crippen LogP contribution in [0.3, 0.4) is 0 Å². The predicted octanol–water partition coefficient (Wildman–Crippen LogP) is 3.66. The van der Waals surface area contributed by atoms with Gasteiger partial charge in [-0.1, -0.05) is 36.4 Å². The lowest BCUT2D eigenvalue weighted by molar-refractivity contribution is -0.143. The number of likely N-dealkylation sites (tertiary alicyclic amines) is 1. The summed E-state index contributed by atoms with van der Waals surface area (Å²) >= 11 is 0. The molecule has 0 radical (unpaired) electrons. The Morgan fingerprint density at radius 1 is 1.12 bits per heavy atom. The SMILES string of the molecule is COc1ccc(-c2ccccc2)cc1CN1CCC(C(=O)O)CC1. The number of methoxy groups -OCH3 is 1. The molecule has 0 aromatic heterocycles. The number of nitrogens with zero attached hydrogens (tertiary/aromatic N) is 1. The summed E-state index contributed by atoms with van der Waals surface area (Å²) < 4.78 is 5.52. The zero-order valence-corrected chi connectivity index (χ0v) is 13.9. The van der Waals surface area contributed by atoms with Gasteiger partial charge in [-0.2, -0.15) is 0 Å². The van der Waals surface area contributed by atoms with Crippen molar-refractivity contribution >= 4 is 5.97 Å². The van der Waals surface area contributed by atoms with Gasteiger partial charge in [0.25, 0.3) is 0 Å². The summed E-state index contributed by atoms with van der Waals surface area (Å²) in [7, 11) is 1.69. The van der Waals surface area contributed by atoms with E-state index in [-0.39, 0.29) is 5.92 Å². The number of carboxylic acids is 1. The van der Waals surface area contributed by atoms with Gasteiger partial charge in [-0.3, -0.25) is 9.69 Å². The summed E-state index contributed by atoms with van der Waals surface area (Å²) in [6.07, 6.45) is 1.44. The molecule has 1 heterocycles. The number of rotatable bonds is 5. The zero-order chi connectivity index (χ0) is 16.9. The maximum absolute atomic E-state index is 11.1. The highest BCUT2D eigenvalue weighted by atomic mass is 16.5. The Balaban J connectivity index is 1.76. The maximum atomic E-state index is 11.1. The van der Waals surface area contributed by atoms with E-state index in [0.717, 1.165) is 43.8 Å². The summed E-state index contributed by atoms with van der Waals surface area (Å²) in [4.78, 5) is 13.4. The van der Waals surface area contributed by atoms with E-state index < -0.39 is 5.97 Å². The second kappa shape index (κ2) is 7.49. The number of aliphatic carboxylic acids is 1. The van der Waals surface area contributed by atoms with Crippen LogP contribution in [0.1, 0.15) is 18.4 Å². The van der Waals surface area contributed by atoms with E-state index in [9.17, 15) is 4.79 Å². The first-order valence-electron chi connectivity index (χ1n) is 8.35. The van der Waals surface area contributed by atoms with Crippen molar-refractivity contribution in [2.75, 3.05) is 20.2 Å². The van der Waals surface area contributed by atoms with Crippen LogP contribution < -0.4 is 4.74 Å². The quantitative estimate of drug-likeness (QED) is 0.911. The highest BCUT2D eigenvalue weighted by Gasteiger charge is 2.24. The Morgan fingerprint density at radius 2 is 1.83 bits per heavy atom. The van der Waals surface area contributed by atoms with E-state index in [1.165, 1.54) is 11.1 Å². The molecule has 1 fully saturated rings. The van der Waals surface area contributed by atoms with Crippen molar-refractivity contribution in [2.24, 2.45) is 5.92 Å². The average Bonchev–Trinajstić information content (AvgIpc) is 2.63. The lowest BCUT2D eigenvalue weighted by Gasteiger charge is -2.30. The van der Waals surface area contributed by atoms with Crippen molar-refractivity contribution in [3.8, 4) is 16.9 Å². The van der Waals surface area contributed by atoms with Crippen LogP contribution in [0.25, 0.3) is 11.1 Å². The second-order valence-electron chi connectivity index (χ2n) is 6.28. The first-order chi connectivity index (χ1) is 11.7. The van der Waals surface area contributed by atoms with Crippen LogP contribution in [0, 0.1) is 5.92 Å². The van der Waals surface area contributed by atoms with Gasteiger partial charge in [0, 0.05) is 12.1 Å². The third kappa shape index (κ3) is 3.77. The van der Waals surface area contributed by atoms with E-state index >= 15 is 0 Å². The van der Waals surface area contributed by atoms with Crippen LogP contribution in [-0.2, 0) is 11.3 Å². The smallest absolute Gasteiger partial charge is 0.306 e. The topological polar surface area (TPSA) is 49.8 Å². The molecule has 2 aromatic carbocycles. The number of hydrogen-bond donors (Lipinski definition) is 1. The van der Waals surface area contributed by atoms with Gasteiger partial charge in [0.2, 0.25) is 0 Å². The van der Waals surface area contributed by atoms with Gasteiger partial charge in [0.05, 0.1) is 13.0 Å². The van der Waals surface area contributed by atoms with Gasteiger partial charge in [0.15, 0.2) is 0 Å². The van der Waals surface area contributed by atoms with Crippen molar-refractivity contribution in [2.45, 2.75) is 19.4 Å². The minimum atomic E-state index is -0.668. The van der Waals surface area contributed by atoms with Gasteiger partial charge in [0.1, 0.15) is 5.75 Å². The van der Waals surface area contributed by atoms with Gasteiger partial charge < -0.3 is 9.84 Å². The fraction of sp³-hybridized carbons (Fsp3) is 0.350. The highest BCUT2D eigenvalue weighted by molar-refractivity contribution is 5.70. The Kier molecular flexibility index (Phi) is 5.16. The van der Waals surface area contributed by atoms with E-state index in [1.54, 1.807) is 7.11 Å². The molecule has 4 heteroatoms. The number of ether oxygens (including phenoxy) is 1. The van der Waals surface area contributed by atoms with E-state index in [0.29, 0.717) is 0 Å². The standard InChI is InChI=1S/C20H23NO3/c1-24-19-8-7-17(15-5-3-2-4-6-15)13-18(19)14-21-11-9-16(10-12-21)20(22)23/h2-8,13,16H,9-12,14H2,1H3,(H,22,23). The van der Waals surface area contributed by atoms with Crippen molar-refractivity contribution < 1.29 is 14.6 Å². The minimum absolute atomic E-state index is 0.196. The number of benzene rings is 2. The molecule has 2 aromatic rings. The van der Waals surface area contributed by atoms with Crippen LogP contribution in [0.4, 0.5) is 0 Å². The van der Waals surface area contributed by atoms with Gasteiger partial charge in [-0.05, 0) is 49.2 Å². The van der Waals surface area contributed by atoms with Crippen LogP contribution in [-0.4, -0.2) is 36.2 Å². The molecule has 24 heavy (non-hydrogen) atoms. The number of piperidine rings is 1. The Labute approximate surface area is 142 Å². The van der Waals surface area contributed by atoms with Crippen molar-refractivity contribution in [3.63, 3.8) is 0 Å². The largest absolute Gasteiger partial charge is 0.496 e. The van der Waals surface area contributed by atoms with E-state index in [2.05, 4.69) is 29.2 Å². The molecular weight excluding hydrogens is 302 g/mol. The fourth-order valence-corrected chi connectivity index (χ4v) is 3.29. The van der Waals surface area contributed by atoms with E-state index in [4.69, 9.17) is 9.84 Å². The first kappa shape index (κ1) is 16.5. The zero-order valence-electron chi connectivity index (χ0n) is 13.9. The summed E-state index contributed by atoms with van der Waals surface area (Å²) in [6.45, 7) is 2.42. The fourth-order valence-electron chi connectivity index (χ4n) is 3.29. The molecule has 0 amide bonds. The van der Waals surface area contributed by atoms with Crippen LogP contribution in [0.2, 0.25) is 0 Å². The molecule has 1 aliphatic rings. The maximum Gasteiger partial charge on any atom is 0.306 e. The predicted molar refractivity (Wildman–Crippen MR) is 94.1 cm³/mol. The highest BCUT2D eigenvalue weighted by Crippen LogP contribution is 2.29. The molecule has 3 rings (SSSR count). The molecule has 0 saturated carbocycles. The third-order valence-electron chi connectivity index (χ3n) is 4.72. The molecule has 4 nitrogen and oxygen atoms in total. The van der Waals surface area contributed by atoms with Crippen molar-refractivity contribution in [1.29, 1.82) is 0 Å². The van der Waals surface area contributed by atoms with Gasteiger partial charge in [-0.25, -0.2) is 0 Å². The second-order valence-corrected chi connectivity index (χ2v) is 6.28. The first-order valence-corrected chi connectivity index (χ1v) is 8.35. The molecule has 1 saturated heterocycles. The Hall–Kier alpha value is -2.33. The van der Waals surface area contributed by atoms with Crippen molar-refractivity contribution in [1.82, 2.24) is 4.90 Å². The van der Waals surface area contributed by atoms with Crippen LogP contribution in [0.15, 0.2) is 48.5 Å². The average molecular weight is 325 g/mol. The molecule has 0 aliphatic carbocycles. The third-order valence-corrected chi connectivity index (χ3v) is 4.72. The number of hydrogen-bond acceptors (Lipinski definition) is 3. The van der Waals surface area contributed by atoms with Crippen LogP contribution in [0.5, 0.6) is 5.75 Å². The molecule has 0 atom stereocenters. The molecule has 1 aliphatic heterocycles. The minimum Gasteiger partial charge on any atom is -0.496 e. The molecule has 1 N–H and O–H groups in total. The lowest BCUT2D eigenvalue weighted by atomic mass is 9.96. The molecular formula is C20H23NO3. The number of carbonyl (C=O) groups is 1. The molecule has 0 bridgehead atoms.